The number of carboxylic acid groups (broad SMARTS) is 1. The Morgan fingerprint density at radius 1 is 1.27 bits per heavy atom. The molecule has 0 aromatic heterocycles. The molecule has 7 heteroatoms. The minimum atomic E-state index is -1.18. The second-order valence-electron chi connectivity index (χ2n) is 6.07. The van der Waals surface area contributed by atoms with Gasteiger partial charge in [0.2, 0.25) is 0 Å². The lowest BCUT2D eigenvalue weighted by Gasteiger charge is -2.11. The van der Waals surface area contributed by atoms with Crippen molar-refractivity contribution in [2.75, 3.05) is 19.8 Å². The van der Waals surface area contributed by atoms with Crippen LogP contribution in [-0.4, -0.2) is 48.9 Å². The molecule has 0 spiro atoms. The summed E-state index contributed by atoms with van der Waals surface area (Å²) in [5.41, 5.74) is 0.860. The van der Waals surface area contributed by atoms with Gasteiger partial charge in [-0.1, -0.05) is 18.7 Å². The number of carbonyl (C=O) groups excluding carboxylic acids is 2. The molecule has 0 saturated carbocycles. The van der Waals surface area contributed by atoms with Crippen molar-refractivity contribution in [2.24, 2.45) is 0 Å². The van der Waals surface area contributed by atoms with E-state index in [-0.39, 0.29) is 30.4 Å². The van der Waals surface area contributed by atoms with Crippen LogP contribution >= 0.6 is 0 Å². The van der Waals surface area contributed by atoms with Gasteiger partial charge in [-0.05, 0) is 37.8 Å². The monoisotopic (exact) mass is 362 g/mol. The molecule has 7 nitrogen and oxygen atoms in total. The number of unbranched alkanes of at least 4 members (excludes halogenated alkanes) is 1. The normalized spacial score (nSPS) is 15.2. The van der Waals surface area contributed by atoms with E-state index in [1.54, 1.807) is 19.1 Å². The summed E-state index contributed by atoms with van der Waals surface area (Å²) in [4.78, 5) is 35.1. The van der Waals surface area contributed by atoms with Gasteiger partial charge in [0, 0.05) is 5.57 Å². The Labute approximate surface area is 151 Å². The summed E-state index contributed by atoms with van der Waals surface area (Å²) in [5.74, 6) is -2.29. The molecule has 1 N–H and O–H groups in total. The molecule has 0 bridgehead atoms. The number of ether oxygens (including phenoxy) is 3. The minimum Gasteiger partial charge on any atom is -0.478 e. The molecule has 26 heavy (non-hydrogen) atoms. The number of carboxylic acids is 1. The number of aromatic carboxylic acids is 1. The topological polar surface area (TPSA) is 102 Å². The Kier molecular flexibility index (Phi) is 6.91. The molecule has 140 valence electrons. The fourth-order valence-electron chi connectivity index (χ4n) is 2.35. The van der Waals surface area contributed by atoms with Gasteiger partial charge in [0.05, 0.1) is 24.3 Å². The van der Waals surface area contributed by atoms with Crippen molar-refractivity contribution in [3.63, 3.8) is 0 Å². The van der Waals surface area contributed by atoms with Crippen molar-refractivity contribution >= 4 is 17.9 Å². The van der Waals surface area contributed by atoms with Crippen molar-refractivity contribution in [3.05, 3.63) is 47.0 Å². The van der Waals surface area contributed by atoms with Crippen LogP contribution < -0.4 is 0 Å². The van der Waals surface area contributed by atoms with E-state index in [1.807, 2.05) is 0 Å². The highest BCUT2D eigenvalue weighted by atomic mass is 16.6. The van der Waals surface area contributed by atoms with Crippen LogP contribution in [0.1, 0.15) is 46.0 Å². The number of hydrogen-bond acceptors (Lipinski definition) is 6. The molecule has 1 atom stereocenters. The molecule has 1 aliphatic rings. The zero-order valence-corrected chi connectivity index (χ0v) is 14.7. The zero-order valence-electron chi connectivity index (χ0n) is 14.7. The Bertz CT molecular complexity index is 704. The number of benzene rings is 1. The maximum atomic E-state index is 12.2. The third-order valence-electron chi connectivity index (χ3n) is 3.81. The smallest absolute Gasteiger partial charge is 0.339 e. The Hall–Kier alpha value is -2.67. The zero-order chi connectivity index (χ0) is 19.1. The summed E-state index contributed by atoms with van der Waals surface area (Å²) in [5, 5.41) is 9.51. The number of aryl methyl sites for hydroxylation is 1. The van der Waals surface area contributed by atoms with E-state index < -0.39 is 17.9 Å². The molecule has 2 rings (SSSR count). The lowest BCUT2D eigenvalue weighted by atomic mass is 9.97. The van der Waals surface area contributed by atoms with Gasteiger partial charge in [-0.25, -0.2) is 14.4 Å². The average molecular weight is 362 g/mol. The van der Waals surface area contributed by atoms with Crippen LogP contribution in [0.25, 0.3) is 0 Å². The van der Waals surface area contributed by atoms with Gasteiger partial charge in [-0.15, -0.1) is 0 Å². The fraction of sp³-hybridized carbons (Fsp3) is 0.421. The lowest BCUT2D eigenvalue weighted by Crippen LogP contribution is -2.16. The van der Waals surface area contributed by atoms with Gasteiger partial charge < -0.3 is 19.3 Å². The maximum absolute atomic E-state index is 12.2. The van der Waals surface area contributed by atoms with E-state index in [9.17, 15) is 19.5 Å². The Morgan fingerprint density at radius 3 is 2.62 bits per heavy atom. The summed E-state index contributed by atoms with van der Waals surface area (Å²) in [6.07, 6.45) is 1.54. The van der Waals surface area contributed by atoms with Gasteiger partial charge in [0.25, 0.3) is 0 Å². The number of epoxide rings is 1. The molecule has 0 amide bonds. The molecule has 1 aliphatic heterocycles. The minimum absolute atomic E-state index is 0.0318. The third-order valence-corrected chi connectivity index (χ3v) is 3.81. The van der Waals surface area contributed by atoms with Gasteiger partial charge in [0.1, 0.15) is 12.7 Å². The summed E-state index contributed by atoms with van der Waals surface area (Å²) in [7, 11) is 0. The molecule has 0 aliphatic carbocycles. The third kappa shape index (κ3) is 5.70. The first-order valence-electron chi connectivity index (χ1n) is 8.36. The molecular weight excluding hydrogens is 340 g/mol. The number of rotatable bonds is 10. The number of esters is 2. The quantitative estimate of drug-likeness (QED) is 0.295. The summed E-state index contributed by atoms with van der Waals surface area (Å²) >= 11 is 0. The summed E-state index contributed by atoms with van der Waals surface area (Å²) < 4.78 is 15.1. The van der Waals surface area contributed by atoms with Crippen molar-refractivity contribution in [1.82, 2.24) is 0 Å². The highest BCUT2D eigenvalue weighted by Crippen LogP contribution is 2.20. The molecule has 1 unspecified atom stereocenters. The van der Waals surface area contributed by atoms with Crippen LogP contribution in [-0.2, 0) is 25.4 Å². The van der Waals surface area contributed by atoms with Crippen molar-refractivity contribution in [3.8, 4) is 0 Å². The lowest BCUT2D eigenvalue weighted by molar-refractivity contribution is -0.139. The molecule has 1 fully saturated rings. The molecule has 0 radical (unpaired) electrons. The summed E-state index contributed by atoms with van der Waals surface area (Å²) in [6.45, 7) is 5.97. The van der Waals surface area contributed by atoms with Crippen LogP contribution in [0.4, 0.5) is 0 Å². The Balaban J connectivity index is 1.95. The van der Waals surface area contributed by atoms with E-state index in [4.69, 9.17) is 14.2 Å². The molecule has 1 aromatic carbocycles. The first kappa shape index (κ1) is 19.7. The second kappa shape index (κ2) is 9.15. The van der Waals surface area contributed by atoms with Crippen molar-refractivity contribution < 1.29 is 33.7 Å². The van der Waals surface area contributed by atoms with Crippen LogP contribution in [0.2, 0.25) is 0 Å². The SMILES string of the molecule is C=C(C)C(=O)OCCCCc1cccc(C(=O)OCC2CO2)c1C(=O)O. The van der Waals surface area contributed by atoms with Gasteiger partial charge in [-0.2, -0.15) is 0 Å². The van der Waals surface area contributed by atoms with Crippen LogP contribution in [0.5, 0.6) is 0 Å². The van der Waals surface area contributed by atoms with Crippen LogP contribution in [0, 0.1) is 0 Å². The van der Waals surface area contributed by atoms with Gasteiger partial charge in [0.15, 0.2) is 0 Å². The summed E-state index contributed by atoms with van der Waals surface area (Å²) in [6, 6.07) is 4.74. The molecular formula is C19H22O7. The molecule has 1 aromatic rings. The van der Waals surface area contributed by atoms with E-state index in [1.165, 1.54) is 6.07 Å². The largest absolute Gasteiger partial charge is 0.478 e. The first-order chi connectivity index (χ1) is 12.4. The van der Waals surface area contributed by atoms with Crippen LogP contribution in [0.3, 0.4) is 0 Å². The van der Waals surface area contributed by atoms with E-state index in [0.717, 1.165) is 0 Å². The highest BCUT2D eigenvalue weighted by Gasteiger charge is 2.26. The predicted molar refractivity (Wildman–Crippen MR) is 92.1 cm³/mol. The maximum Gasteiger partial charge on any atom is 0.339 e. The van der Waals surface area contributed by atoms with Crippen LogP contribution in [0.15, 0.2) is 30.4 Å². The first-order valence-corrected chi connectivity index (χ1v) is 8.36. The van der Waals surface area contributed by atoms with Crippen molar-refractivity contribution in [1.29, 1.82) is 0 Å². The predicted octanol–water partition coefficient (Wildman–Crippen LogP) is 2.38. The standard InChI is InChI=1S/C19H22O7/c1-12(2)18(22)24-9-4-3-6-13-7-5-8-15(16(13)17(20)21)19(23)26-11-14-10-25-14/h5,7-8,14H,1,3-4,6,9-11H2,2H3,(H,20,21). The molecule has 1 heterocycles. The number of hydrogen-bond donors (Lipinski definition) is 1. The fourth-order valence-corrected chi connectivity index (χ4v) is 2.35. The van der Waals surface area contributed by atoms with Gasteiger partial charge >= 0.3 is 17.9 Å². The van der Waals surface area contributed by atoms with E-state index >= 15 is 0 Å². The second-order valence-corrected chi connectivity index (χ2v) is 6.07. The average Bonchev–Trinajstić information content (AvgIpc) is 3.42. The van der Waals surface area contributed by atoms with Gasteiger partial charge in [-0.3, -0.25) is 0 Å². The highest BCUT2D eigenvalue weighted by molar-refractivity contribution is 6.03. The van der Waals surface area contributed by atoms with Crippen molar-refractivity contribution in [2.45, 2.75) is 32.3 Å². The van der Waals surface area contributed by atoms with E-state index in [0.29, 0.717) is 37.0 Å². The molecule has 1 saturated heterocycles. The number of carbonyl (C=O) groups is 3. The Morgan fingerprint density at radius 2 is 2.00 bits per heavy atom. The van der Waals surface area contributed by atoms with E-state index in [2.05, 4.69) is 6.58 Å².